The lowest BCUT2D eigenvalue weighted by atomic mass is 10.0. The van der Waals surface area contributed by atoms with Gasteiger partial charge in [0.05, 0.1) is 5.56 Å². The number of piperidine rings is 1. The maximum Gasteiger partial charge on any atom is 0.419 e. The van der Waals surface area contributed by atoms with Gasteiger partial charge in [-0.15, -0.1) is 0 Å². The summed E-state index contributed by atoms with van der Waals surface area (Å²) >= 11 is 0. The van der Waals surface area contributed by atoms with E-state index < -0.39 is 23.6 Å². The van der Waals surface area contributed by atoms with Crippen molar-refractivity contribution in [1.29, 1.82) is 0 Å². The Kier molecular flexibility index (Phi) is 7.14. The van der Waals surface area contributed by atoms with E-state index in [4.69, 9.17) is 0 Å². The first-order chi connectivity index (χ1) is 14.7. The van der Waals surface area contributed by atoms with Crippen LogP contribution in [0.2, 0.25) is 0 Å². The highest BCUT2D eigenvalue weighted by Gasteiger charge is 2.34. The Morgan fingerprint density at radius 1 is 1.03 bits per heavy atom. The highest BCUT2D eigenvalue weighted by Crippen LogP contribution is 2.33. The summed E-state index contributed by atoms with van der Waals surface area (Å²) in [5.41, 5.74) is -0.476. The molecular formula is C22H23F4N3O2. The van der Waals surface area contributed by atoms with E-state index >= 15 is 0 Å². The zero-order chi connectivity index (χ0) is 22.4. The van der Waals surface area contributed by atoms with E-state index in [0.29, 0.717) is 50.9 Å². The molecule has 0 aromatic heterocycles. The number of rotatable bonds is 5. The average Bonchev–Trinajstić information content (AvgIpc) is 2.74. The number of likely N-dealkylation sites (tertiary alicyclic amines) is 1. The van der Waals surface area contributed by atoms with Gasteiger partial charge in [0.25, 0.3) is 0 Å². The highest BCUT2D eigenvalue weighted by molar-refractivity contribution is 5.89. The van der Waals surface area contributed by atoms with Crippen LogP contribution in [0.15, 0.2) is 48.5 Å². The number of carbonyl (C=O) groups excluding carboxylic acids is 2. The molecule has 9 heteroatoms. The molecule has 1 saturated heterocycles. The lowest BCUT2D eigenvalue weighted by Gasteiger charge is -2.32. The summed E-state index contributed by atoms with van der Waals surface area (Å²) in [4.78, 5) is 26.0. The zero-order valence-corrected chi connectivity index (χ0v) is 16.7. The average molecular weight is 437 g/mol. The molecule has 31 heavy (non-hydrogen) atoms. The summed E-state index contributed by atoms with van der Waals surface area (Å²) in [7, 11) is 0. The van der Waals surface area contributed by atoms with Gasteiger partial charge in [-0.05, 0) is 43.0 Å². The number of hydrogen-bond donors (Lipinski definition) is 2. The lowest BCUT2D eigenvalue weighted by molar-refractivity contribution is -0.140. The Morgan fingerprint density at radius 2 is 1.71 bits per heavy atom. The topological polar surface area (TPSA) is 61.4 Å². The Bertz CT molecular complexity index is 911. The van der Waals surface area contributed by atoms with Crippen molar-refractivity contribution >= 4 is 17.6 Å². The van der Waals surface area contributed by atoms with Gasteiger partial charge in [-0.1, -0.05) is 30.3 Å². The van der Waals surface area contributed by atoms with Crippen molar-refractivity contribution in [2.24, 2.45) is 0 Å². The summed E-state index contributed by atoms with van der Waals surface area (Å²) in [5.74, 6) is -1.45. The predicted octanol–water partition coefficient (Wildman–Crippen LogP) is 4.59. The van der Waals surface area contributed by atoms with Crippen LogP contribution in [0.4, 0.5) is 28.0 Å². The molecule has 0 unspecified atom stereocenters. The first kappa shape index (κ1) is 22.6. The van der Waals surface area contributed by atoms with Gasteiger partial charge in [0.15, 0.2) is 0 Å². The second-order valence-corrected chi connectivity index (χ2v) is 7.44. The summed E-state index contributed by atoms with van der Waals surface area (Å²) in [6.45, 7) is 0.700. The first-order valence-corrected chi connectivity index (χ1v) is 9.98. The number of nitrogens with one attached hydrogen (secondary N) is 2. The van der Waals surface area contributed by atoms with Crippen LogP contribution in [-0.2, 0) is 17.4 Å². The molecule has 2 aromatic rings. The monoisotopic (exact) mass is 437 g/mol. The Balaban J connectivity index is 1.45. The van der Waals surface area contributed by atoms with E-state index in [9.17, 15) is 27.2 Å². The molecule has 2 aromatic carbocycles. The molecule has 1 aliphatic rings. The van der Waals surface area contributed by atoms with Crippen molar-refractivity contribution in [3.63, 3.8) is 0 Å². The molecule has 0 aliphatic carbocycles. The normalized spacial score (nSPS) is 14.9. The fourth-order valence-corrected chi connectivity index (χ4v) is 3.45. The molecule has 1 fully saturated rings. The van der Waals surface area contributed by atoms with Gasteiger partial charge in [0.2, 0.25) is 5.91 Å². The largest absolute Gasteiger partial charge is 0.419 e. The molecular weight excluding hydrogens is 414 g/mol. The number of halogens is 4. The molecule has 5 nitrogen and oxygen atoms in total. The van der Waals surface area contributed by atoms with E-state index in [1.165, 1.54) is 4.90 Å². The van der Waals surface area contributed by atoms with Crippen molar-refractivity contribution in [2.75, 3.05) is 18.4 Å². The third-order valence-electron chi connectivity index (χ3n) is 5.15. The van der Waals surface area contributed by atoms with E-state index in [-0.39, 0.29) is 17.6 Å². The second kappa shape index (κ2) is 9.80. The van der Waals surface area contributed by atoms with E-state index in [2.05, 4.69) is 10.6 Å². The van der Waals surface area contributed by atoms with Gasteiger partial charge in [-0.25, -0.2) is 9.18 Å². The van der Waals surface area contributed by atoms with E-state index in [1.807, 2.05) is 30.3 Å². The van der Waals surface area contributed by atoms with Crippen LogP contribution in [0.3, 0.4) is 0 Å². The number of urea groups is 1. The van der Waals surface area contributed by atoms with Gasteiger partial charge in [-0.2, -0.15) is 13.2 Å². The minimum atomic E-state index is -4.85. The van der Waals surface area contributed by atoms with Gasteiger partial charge in [-0.3, -0.25) is 4.79 Å². The summed E-state index contributed by atoms with van der Waals surface area (Å²) in [5, 5.41) is 5.34. The number of alkyl halides is 3. The standard InChI is InChI=1S/C22H23F4N3O2/c23-19-8-7-17(14-18(19)22(24,25)26)28-21(31)29-12-10-16(11-13-29)27-20(30)9-6-15-4-2-1-3-5-15/h1-5,7-8,14,16H,6,9-13H2,(H,27,30)(H,28,31). The van der Waals surface area contributed by atoms with Crippen LogP contribution in [0, 0.1) is 5.82 Å². The summed E-state index contributed by atoms with van der Waals surface area (Å²) in [6, 6.07) is 11.4. The van der Waals surface area contributed by atoms with Gasteiger partial charge >= 0.3 is 12.2 Å². The van der Waals surface area contributed by atoms with Crippen LogP contribution in [-0.4, -0.2) is 36.0 Å². The highest BCUT2D eigenvalue weighted by atomic mass is 19.4. The zero-order valence-electron chi connectivity index (χ0n) is 16.7. The molecule has 2 N–H and O–H groups in total. The van der Waals surface area contributed by atoms with Crippen LogP contribution >= 0.6 is 0 Å². The molecule has 0 radical (unpaired) electrons. The van der Waals surface area contributed by atoms with Crippen molar-refractivity contribution < 1.29 is 27.2 Å². The minimum absolute atomic E-state index is 0.0576. The third kappa shape index (κ3) is 6.44. The maximum atomic E-state index is 13.4. The van der Waals surface area contributed by atoms with Crippen molar-refractivity contribution in [1.82, 2.24) is 10.2 Å². The van der Waals surface area contributed by atoms with Crippen molar-refractivity contribution in [3.8, 4) is 0 Å². The minimum Gasteiger partial charge on any atom is -0.353 e. The summed E-state index contributed by atoms with van der Waals surface area (Å²) < 4.78 is 51.8. The smallest absolute Gasteiger partial charge is 0.353 e. The van der Waals surface area contributed by atoms with E-state index in [1.54, 1.807) is 0 Å². The number of aryl methyl sites for hydroxylation is 1. The van der Waals surface area contributed by atoms with Crippen LogP contribution in [0.5, 0.6) is 0 Å². The predicted molar refractivity (Wildman–Crippen MR) is 108 cm³/mol. The SMILES string of the molecule is O=C(CCc1ccccc1)NC1CCN(C(=O)Nc2ccc(F)c(C(F)(F)F)c2)CC1. The number of nitrogens with zero attached hydrogens (tertiary/aromatic N) is 1. The molecule has 3 amide bonds. The Labute approximate surface area is 177 Å². The van der Waals surface area contributed by atoms with Gasteiger partial charge < -0.3 is 15.5 Å². The van der Waals surface area contributed by atoms with Crippen LogP contribution in [0.25, 0.3) is 0 Å². The molecule has 166 valence electrons. The number of anilines is 1. The molecule has 0 atom stereocenters. The van der Waals surface area contributed by atoms with Crippen molar-refractivity contribution in [3.05, 3.63) is 65.5 Å². The van der Waals surface area contributed by atoms with Gasteiger partial charge in [0.1, 0.15) is 5.82 Å². The summed E-state index contributed by atoms with van der Waals surface area (Å²) in [6.07, 6.45) is -2.74. The number of amides is 3. The lowest BCUT2D eigenvalue weighted by Crippen LogP contribution is -2.47. The van der Waals surface area contributed by atoms with Crippen LogP contribution in [0.1, 0.15) is 30.4 Å². The molecule has 1 heterocycles. The second-order valence-electron chi connectivity index (χ2n) is 7.44. The fourth-order valence-electron chi connectivity index (χ4n) is 3.45. The van der Waals surface area contributed by atoms with Crippen molar-refractivity contribution in [2.45, 2.75) is 37.9 Å². The molecule has 3 rings (SSSR count). The quantitative estimate of drug-likeness (QED) is 0.673. The fraction of sp³-hybridized carbons (Fsp3) is 0.364. The number of carbonyl (C=O) groups is 2. The third-order valence-corrected chi connectivity index (χ3v) is 5.15. The Hall–Kier alpha value is -3.10. The number of hydrogen-bond acceptors (Lipinski definition) is 2. The number of benzene rings is 2. The Morgan fingerprint density at radius 3 is 2.35 bits per heavy atom. The molecule has 1 aliphatic heterocycles. The molecule has 0 saturated carbocycles. The molecule has 0 spiro atoms. The van der Waals surface area contributed by atoms with Crippen LogP contribution < -0.4 is 10.6 Å². The first-order valence-electron chi connectivity index (χ1n) is 9.98. The van der Waals surface area contributed by atoms with Gasteiger partial charge in [0, 0.05) is 31.2 Å². The molecule has 0 bridgehead atoms. The van der Waals surface area contributed by atoms with E-state index in [0.717, 1.165) is 11.6 Å². The maximum absolute atomic E-state index is 13.4.